The number of hydrazone groups is 1. The molecule has 1 saturated heterocycles. The van der Waals surface area contributed by atoms with Gasteiger partial charge in [-0.25, -0.2) is 0 Å². The lowest BCUT2D eigenvalue weighted by molar-refractivity contribution is 0.159. The quantitative estimate of drug-likeness (QED) is 0.833. The Morgan fingerprint density at radius 1 is 1.10 bits per heavy atom. The van der Waals surface area contributed by atoms with Crippen molar-refractivity contribution in [3.63, 3.8) is 0 Å². The molecule has 6 nitrogen and oxygen atoms in total. The number of aromatic hydroxyl groups is 1. The molecule has 0 radical (unpaired) electrons. The molecule has 1 aromatic carbocycles. The third kappa shape index (κ3) is 3.33. The molecular formula is C14H21N3O3. The SMILES string of the molecule is COc1cc(C=NN2CCN(C)CC2)cc(OC)c1O. The number of ether oxygens (including phenoxy) is 2. The summed E-state index contributed by atoms with van der Waals surface area (Å²) in [5.41, 5.74) is 0.829. The van der Waals surface area contributed by atoms with Gasteiger partial charge >= 0.3 is 0 Å². The van der Waals surface area contributed by atoms with Crippen molar-refractivity contribution in [2.45, 2.75) is 0 Å². The van der Waals surface area contributed by atoms with Gasteiger partial charge in [-0.05, 0) is 19.2 Å². The van der Waals surface area contributed by atoms with Crippen LogP contribution in [-0.2, 0) is 0 Å². The van der Waals surface area contributed by atoms with Crippen molar-refractivity contribution in [2.24, 2.45) is 5.10 Å². The first-order valence-corrected chi connectivity index (χ1v) is 6.56. The van der Waals surface area contributed by atoms with Crippen molar-refractivity contribution in [1.82, 2.24) is 9.91 Å². The minimum atomic E-state index is 0.00625. The monoisotopic (exact) mass is 279 g/mol. The normalized spacial score (nSPS) is 16.6. The fourth-order valence-electron chi connectivity index (χ4n) is 2.05. The van der Waals surface area contributed by atoms with Crippen molar-refractivity contribution in [3.8, 4) is 17.2 Å². The van der Waals surface area contributed by atoms with E-state index in [-0.39, 0.29) is 5.75 Å². The van der Waals surface area contributed by atoms with E-state index in [1.807, 2.05) is 5.01 Å². The predicted molar refractivity (Wildman–Crippen MR) is 77.9 cm³/mol. The standard InChI is InChI=1S/C14H21N3O3/c1-16-4-6-17(7-5-16)15-10-11-8-12(19-2)14(18)13(9-11)20-3/h8-10,18H,4-7H2,1-3H3. The van der Waals surface area contributed by atoms with Crippen molar-refractivity contribution in [2.75, 3.05) is 47.4 Å². The minimum absolute atomic E-state index is 0.00625. The number of phenolic OH excluding ortho intramolecular Hbond substituents is 1. The van der Waals surface area contributed by atoms with E-state index in [2.05, 4.69) is 17.0 Å². The Hall–Kier alpha value is -1.95. The summed E-state index contributed by atoms with van der Waals surface area (Å²) >= 11 is 0. The Kier molecular flexibility index (Phi) is 4.68. The largest absolute Gasteiger partial charge is 0.502 e. The van der Waals surface area contributed by atoms with Crippen LogP contribution in [0.4, 0.5) is 0 Å². The smallest absolute Gasteiger partial charge is 0.200 e. The van der Waals surface area contributed by atoms with E-state index in [4.69, 9.17) is 9.47 Å². The summed E-state index contributed by atoms with van der Waals surface area (Å²) in [6.07, 6.45) is 1.76. The van der Waals surface area contributed by atoms with Gasteiger partial charge in [-0.3, -0.25) is 5.01 Å². The summed E-state index contributed by atoms with van der Waals surface area (Å²) in [5.74, 6) is 0.764. The molecule has 1 aliphatic heterocycles. The highest BCUT2D eigenvalue weighted by Gasteiger charge is 2.12. The average Bonchev–Trinajstić information content (AvgIpc) is 2.47. The molecule has 1 heterocycles. The second kappa shape index (κ2) is 6.47. The van der Waals surface area contributed by atoms with E-state index in [1.165, 1.54) is 14.2 Å². The maximum atomic E-state index is 9.85. The van der Waals surface area contributed by atoms with Crippen LogP contribution in [0.2, 0.25) is 0 Å². The van der Waals surface area contributed by atoms with Gasteiger partial charge in [0, 0.05) is 31.7 Å². The zero-order chi connectivity index (χ0) is 14.5. The number of likely N-dealkylation sites (N-methyl/N-ethyl adjacent to an activating group) is 1. The van der Waals surface area contributed by atoms with Gasteiger partial charge in [-0.15, -0.1) is 0 Å². The molecule has 110 valence electrons. The summed E-state index contributed by atoms with van der Waals surface area (Å²) in [6.45, 7) is 3.86. The summed E-state index contributed by atoms with van der Waals surface area (Å²) in [4.78, 5) is 2.28. The number of hydrogen-bond donors (Lipinski definition) is 1. The van der Waals surface area contributed by atoms with Crippen LogP contribution in [0.25, 0.3) is 0 Å². The summed E-state index contributed by atoms with van der Waals surface area (Å²) < 4.78 is 10.2. The minimum Gasteiger partial charge on any atom is -0.502 e. The fourth-order valence-corrected chi connectivity index (χ4v) is 2.05. The molecule has 0 aromatic heterocycles. The highest BCUT2D eigenvalue weighted by molar-refractivity contribution is 5.82. The lowest BCUT2D eigenvalue weighted by atomic mass is 10.2. The molecule has 0 spiro atoms. The first-order valence-electron chi connectivity index (χ1n) is 6.56. The van der Waals surface area contributed by atoms with Crippen LogP contribution in [0.1, 0.15) is 5.56 Å². The van der Waals surface area contributed by atoms with Gasteiger partial charge in [-0.1, -0.05) is 0 Å². The third-order valence-corrected chi connectivity index (χ3v) is 3.35. The molecule has 1 fully saturated rings. The second-order valence-corrected chi connectivity index (χ2v) is 4.78. The van der Waals surface area contributed by atoms with Crippen molar-refractivity contribution in [1.29, 1.82) is 0 Å². The molecular weight excluding hydrogens is 258 g/mol. The molecule has 20 heavy (non-hydrogen) atoms. The van der Waals surface area contributed by atoms with Gasteiger partial charge in [0.25, 0.3) is 0 Å². The molecule has 1 N–H and O–H groups in total. The number of benzene rings is 1. The zero-order valence-electron chi connectivity index (χ0n) is 12.2. The number of phenols is 1. The Labute approximate surface area is 119 Å². The summed E-state index contributed by atoms with van der Waals surface area (Å²) in [5, 5.41) is 16.3. The van der Waals surface area contributed by atoms with E-state index >= 15 is 0 Å². The van der Waals surface area contributed by atoms with Crippen molar-refractivity contribution >= 4 is 6.21 Å². The van der Waals surface area contributed by atoms with Crippen LogP contribution in [0, 0.1) is 0 Å². The fraction of sp³-hybridized carbons (Fsp3) is 0.500. The predicted octanol–water partition coefficient (Wildman–Crippen LogP) is 0.991. The molecule has 1 aromatic rings. The van der Waals surface area contributed by atoms with Crippen LogP contribution < -0.4 is 9.47 Å². The Bertz CT molecular complexity index is 458. The van der Waals surface area contributed by atoms with E-state index < -0.39 is 0 Å². The van der Waals surface area contributed by atoms with Crippen molar-refractivity contribution in [3.05, 3.63) is 17.7 Å². The highest BCUT2D eigenvalue weighted by Crippen LogP contribution is 2.36. The summed E-state index contributed by atoms with van der Waals surface area (Å²) in [7, 11) is 5.13. The van der Waals surface area contributed by atoms with Gasteiger partial charge in [0.2, 0.25) is 5.75 Å². The zero-order valence-corrected chi connectivity index (χ0v) is 12.2. The van der Waals surface area contributed by atoms with E-state index in [0.717, 1.165) is 31.7 Å². The van der Waals surface area contributed by atoms with Gasteiger partial charge in [0.05, 0.1) is 20.4 Å². The first-order chi connectivity index (χ1) is 9.63. The molecule has 0 unspecified atom stereocenters. The van der Waals surface area contributed by atoms with Crippen LogP contribution in [-0.4, -0.2) is 68.7 Å². The number of piperazine rings is 1. The van der Waals surface area contributed by atoms with E-state index in [9.17, 15) is 5.11 Å². The first kappa shape index (κ1) is 14.5. The van der Waals surface area contributed by atoms with Crippen LogP contribution in [0.5, 0.6) is 17.2 Å². The van der Waals surface area contributed by atoms with Gasteiger partial charge in [0.15, 0.2) is 11.5 Å². The maximum absolute atomic E-state index is 9.85. The topological polar surface area (TPSA) is 57.5 Å². The highest BCUT2D eigenvalue weighted by atomic mass is 16.5. The molecule has 6 heteroatoms. The summed E-state index contributed by atoms with van der Waals surface area (Å²) in [6, 6.07) is 3.47. The van der Waals surface area contributed by atoms with E-state index in [0.29, 0.717) is 11.5 Å². The van der Waals surface area contributed by atoms with Crippen LogP contribution >= 0.6 is 0 Å². The number of hydrogen-bond acceptors (Lipinski definition) is 6. The second-order valence-electron chi connectivity index (χ2n) is 4.78. The van der Waals surface area contributed by atoms with Crippen molar-refractivity contribution < 1.29 is 14.6 Å². The third-order valence-electron chi connectivity index (χ3n) is 3.35. The Morgan fingerprint density at radius 3 is 2.15 bits per heavy atom. The van der Waals surface area contributed by atoms with Gasteiger partial charge in [0.1, 0.15) is 0 Å². The lowest BCUT2D eigenvalue weighted by Crippen LogP contribution is -2.41. The van der Waals surface area contributed by atoms with Crippen LogP contribution in [0.3, 0.4) is 0 Å². The van der Waals surface area contributed by atoms with Crippen LogP contribution in [0.15, 0.2) is 17.2 Å². The van der Waals surface area contributed by atoms with E-state index in [1.54, 1.807) is 18.3 Å². The molecule has 0 saturated carbocycles. The van der Waals surface area contributed by atoms with Gasteiger partial charge < -0.3 is 19.5 Å². The number of rotatable bonds is 4. The Balaban J connectivity index is 2.12. The number of methoxy groups -OCH3 is 2. The lowest BCUT2D eigenvalue weighted by Gasteiger charge is -2.30. The molecule has 0 aliphatic carbocycles. The van der Waals surface area contributed by atoms with Gasteiger partial charge in [-0.2, -0.15) is 5.10 Å². The molecule has 0 bridgehead atoms. The molecule has 2 rings (SSSR count). The molecule has 1 aliphatic rings. The number of nitrogens with zero attached hydrogens (tertiary/aromatic N) is 3. The maximum Gasteiger partial charge on any atom is 0.200 e. The molecule has 0 amide bonds. The average molecular weight is 279 g/mol. The molecule has 0 atom stereocenters. The Morgan fingerprint density at radius 2 is 1.65 bits per heavy atom.